The minimum atomic E-state index is -0.913. The van der Waals surface area contributed by atoms with Gasteiger partial charge in [0.15, 0.2) is 0 Å². The second kappa shape index (κ2) is 5.66. The zero-order valence-corrected chi connectivity index (χ0v) is 11.7. The Morgan fingerprint density at radius 1 is 1.53 bits per heavy atom. The van der Waals surface area contributed by atoms with Crippen LogP contribution in [0.25, 0.3) is 0 Å². The van der Waals surface area contributed by atoms with E-state index in [4.69, 9.17) is 9.84 Å². The van der Waals surface area contributed by atoms with E-state index in [0.29, 0.717) is 24.6 Å². The molecule has 0 spiro atoms. The van der Waals surface area contributed by atoms with Crippen molar-refractivity contribution in [3.05, 3.63) is 15.6 Å². The van der Waals surface area contributed by atoms with Gasteiger partial charge in [-0.3, -0.25) is 9.59 Å². The largest absolute Gasteiger partial charge is 0.481 e. The Morgan fingerprint density at radius 2 is 2.26 bits per heavy atom. The van der Waals surface area contributed by atoms with E-state index in [0.717, 1.165) is 10.7 Å². The van der Waals surface area contributed by atoms with E-state index < -0.39 is 12.1 Å². The van der Waals surface area contributed by atoms with Crippen molar-refractivity contribution in [1.29, 1.82) is 0 Å². The Labute approximate surface area is 115 Å². The molecule has 0 radical (unpaired) electrons. The van der Waals surface area contributed by atoms with Crippen molar-refractivity contribution in [3.8, 4) is 0 Å². The molecule has 1 atom stereocenters. The lowest BCUT2D eigenvalue weighted by Crippen LogP contribution is -2.46. The number of aliphatic carboxylic acids is 1. The Hall–Kier alpha value is -1.47. The molecule has 6 nitrogen and oxygen atoms in total. The maximum atomic E-state index is 12.4. The van der Waals surface area contributed by atoms with Crippen LogP contribution in [0.2, 0.25) is 0 Å². The molecule has 1 aromatic heterocycles. The summed E-state index contributed by atoms with van der Waals surface area (Å²) in [6.07, 6.45) is -0.505. The predicted octanol–water partition coefficient (Wildman–Crippen LogP) is 1.08. The SMILES string of the molecule is Cc1nc(C)c(C(=O)N2CCO[C@@H](CC(=O)O)C2)s1. The summed E-state index contributed by atoms with van der Waals surface area (Å²) in [5, 5.41) is 9.62. The average Bonchev–Trinajstić information content (AvgIpc) is 2.67. The smallest absolute Gasteiger partial charge is 0.306 e. The van der Waals surface area contributed by atoms with Gasteiger partial charge < -0.3 is 14.7 Å². The van der Waals surface area contributed by atoms with Crippen molar-refractivity contribution in [1.82, 2.24) is 9.88 Å². The van der Waals surface area contributed by atoms with Gasteiger partial charge >= 0.3 is 5.97 Å². The number of rotatable bonds is 3. The van der Waals surface area contributed by atoms with E-state index in [1.54, 1.807) is 4.90 Å². The van der Waals surface area contributed by atoms with Gasteiger partial charge in [-0.25, -0.2) is 4.98 Å². The molecule has 7 heteroatoms. The first-order valence-electron chi connectivity index (χ1n) is 6.04. The lowest BCUT2D eigenvalue weighted by atomic mass is 10.2. The molecule has 0 unspecified atom stereocenters. The summed E-state index contributed by atoms with van der Waals surface area (Å²) in [6, 6.07) is 0. The summed E-state index contributed by atoms with van der Waals surface area (Å²) < 4.78 is 5.35. The zero-order valence-electron chi connectivity index (χ0n) is 10.9. The summed E-state index contributed by atoms with van der Waals surface area (Å²) in [6.45, 7) is 4.86. The molecule has 1 saturated heterocycles. The number of thiazole rings is 1. The van der Waals surface area contributed by atoms with Crippen LogP contribution < -0.4 is 0 Å². The van der Waals surface area contributed by atoms with Crippen molar-refractivity contribution < 1.29 is 19.4 Å². The maximum absolute atomic E-state index is 12.4. The van der Waals surface area contributed by atoms with Gasteiger partial charge in [0.2, 0.25) is 0 Å². The molecule has 104 valence electrons. The first-order chi connectivity index (χ1) is 8.97. The normalized spacial score (nSPS) is 19.5. The van der Waals surface area contributed by atoms with Crippen LogP contribution in [0.1, 0.15) is 26.8 Å². The number of ether oxygens (including phenoxy) is 1. The lowest BCUT2D eigenvalue weighted by molar-refractivity contribution is -0.141. The highest BCUT2D eigenvalue weighted by atomic mass is 32.1. The Bertz CT molecular complexity index is 500. The molecule has 1 aromatic rings. The number of nitrogens with zero attached hydrogens (tertiary/aromatic N) is 2. The fourth-order valence-corrected chi connectivity index (χ4v) is 2.98. The average molecular weight is 284 g/mol. The molecule has 2 rings (SSSR count). The number of aromatic nitrogens is 1. The number of aryl methyl sites for hydroxylation is 2. The highest BCUT2D eigenvalue weighted by Gasteiger charge is 2.28. The fourth-order valence-electron chi connectivity index (χ4n) is 2.10. The number of carboxylic acid groups (broad SMARTS) is 1. The molecular formula is C12H16N2O4S. The van der Waals surface area contributed by atoms with Crippen molar-refractivity contribution >= 4 is 23.2 Å². The van der Waals surface area contributed by atoms with E-state index in [1.165, 1.54) is 11.3 Å². The summed E-state index contributed by atoms with van der Waals surface area (Å²) in [4.78, 5) is 29.6. The van der Waals surface area contributed by atoms with Gasteiger partial charge in [-0.05, 0) is 13.8 Å². The predicted molar refractivity (Wildman–Crippen MR) is 69.5 cm³/mol. The third-order valence-electron chi connectivity index (χ3n) is 2.93. The topological polar surface area (TPSA) is 79.7 Å². The summed E-state index contributed by atoms with van der Waals surface area (Å²) >= 11 is 1.37. The van der Waals surface area contributed by atoms with E-state index in [1.807, 2.05) is 13.8 Å². The Balaban J connectivity index is 2.07. The zero-order chi connectivity index (χ0) is 14.0. The van der Waals surface area contributed by atoms with Crippen LogP contribution in [0, 0.1) is 13.8 Å². The van der Waals surface area contributed by atoms with Crippen LogP contribution in [0.15, 0.2) is 0 Å². The number of carboxylic acids is 1. The third kappa shape index (κ3) is 3.30. The van der Waals surface area contributed by atoms with Gasteiger partial charge in [-0.1, -0.05) is 0 Å². The van der Waals surface area contributed by atoms with Crippen LogP contribution in [0.5, 0.6) is 0 Å². The molecule has 0 aliphatic carbocycles. The quantitative estimate of drug-likeness (QED) is 0.898. The van der Waals surface area contributed by atoms with Gasteiger partial charge in [0.1, 0.15) is 4.88 Å². The highest BCUT2D eigenvalue weighted by molar-refractivity contribution is 7.13. The van der Waals surface area contributed by atoms with E-state index in [-0.39, 0.29) is 12.3 Å². The van der Waals surface area contributed by atoms with E-state index in [2.05, 4.69) is 4.98 Å². The highest BCUT2D eigenvalue weighted by Crippen LogP contribution is 2.21. The molecular weight excluding hydrogens is 268 g/mol. The van der Waals surface area contributed by atoms with Gasteiger partial charge in [0.05, 0.1) is 29.8 Å². The van der Waals surface area contributed by atoms with E-state index >= 15 is 0 Å². The third-order valence-corrected chi connectivity index (χ3v) is 3.99. The van der Waals surface area contributed by atoms with Gasteiger partial charge in [0.25, 0.3) is 5.91 Å². The van der Waals surface area contributed by atoms with Crippen LogP contribution in [-0.4, -0.2) is 52.7 Å². The standard InChI is InChI=1S/C12H16N2O4S/c1-7-11(19-8(2)13-7)12(17)14-3-4-18-9(6-14)5-10(15)16/h9H,3-6H2,1-2H3,(H,15,16)/t9-/m0/s1. The monoisotopic (exact) mass is 284 g/mol. The second-order valence-electron chi connectivity index (χ2n) is 4.49. The van der Waals surface area contributed by atoms with Gasteiger partial charge in [-0.2, -0.15) is 0 Å². The lowest BCUT2D eigenvalue weighted by Gasteiger charge is -2.32. The van der Waals surface area contributed by atoms with Crippen molar-refractivity contribution in [2.45, 2.75) is 26.4 Å². The van der Waals surface area contributed by atoms with Gasteiger partial charge in [0, 0.05) is 13.1 Å². The molecule has 1 N–H and O–H groups in total. The molecule has 2 heterocycles. The number of amides is 1. The fraction of sp³-hybridized carbons (Fsp3) is 0.583. The molecule has 19 heavy (non-hydrogen) atoms. The van der Waals surface area contributed by atoms with Crippen molar-refractivity contribution in [2.24, 2.45) is 0 Å². The molecule has 1 aliphatic heterocycles. The van der Waals surface area contributed by atoms with Crippen molar-refractivity contribution in [2.75, 3.05) is 19.7 Å². The van der Waals surface area contributed by atoms with Crippen LogP contribution in [0.3, 0.4) is 0 Å². The molecule has 0 saturated carbocycles. The first kappa shape index (κ1) is 14.0. The molecule has 0 bridgehead atoms. The van der Waals surface area contributed by atoms with Crippen LogP contribution >= 0.6 is 11.3 Å². The van der Waals surface area contributed by atoms with Crippen LogP contribution in [-0.2, 0) is 9.53 Å². The number of carbonyl (C=O) groups is 2. The van der Waals surface area contributed by atoms with Crippen molar-refractivity contribution in [3.63, 3.8) is 0 Å². The first-order valence-corrected chi connectivity index (χ1v) is 6.85. The molecule has 1 amide bonds. The minimum Gasteiger partial charge on any atom is -0.481 e. The van der Waals surface area contributed by atoms with Crippen LogP contribution in [0.4, 0.5) is 0 Å². The number of morpholine rings is 1. The van der Waals surface area contributed by atoms with Gasteiger partial charge in [-0.15, -0.1) is 11.3 Å². The second-order valence-corrected chi connectivity index (χ2v) is 5.69. The Kier molecular flexibility index (Phi) is 4.16. The number of hydrogen-bond donors (Lipinski definition) is 1. The minimum absolute atomic E-state index is 0.0789. The maximum Gasteiger partial charge on any atom is 0.306 e. The number of carbonyl (C=O) groups excluding carboxylic acids is 1. The molecule has 0 aromatic carbocycles. The molecule has 1 aliphatic rings. The summed E-state index contributed by atoms with van der Waals surface area (Å²) in [7, 11) is 0. The Morgan fingerprint density at radius 3 is 2.84 bits per heavy atom. The summed E-state index contributed by atoms with van der Waals surface area (Å²) in [5.74, 6) is -0.995. The summed E-state index contributed by atoms with van der Waals surface area (Å²) in [5.41, 5.74) is 0.730. The number of hydrogen-bond acceptors (Lipinski definition) is 5. The van der Waals surface area contributed by atoms with E-state index in [9.17, 15) is 9.59 Å². The molecule has 1 fully saturated rings.